The van der Waals surface area contributed by atoms with Crippen molar-refractivity contribution in [2.24, 2.45) is 0 Å². The van der Waals surface area contributed by atoms with Crippen LogP contribution in [0.2, 0.25) is 0 Å². The number of anilines is 2. The van der Waals surface area contributed by atoms with Crippen LogP contribution in [-0.2, 0) is 0 Å². The monoisotopic (exact) mass is 235 g/mol. The summed E-state index contributed by atoms with van der Waals surface area (Å²) in [5, 5.41) is 5.53. The van der Waals surface area contributed by atoms with E-state index in [9.17, 15) is 0 Å². The zero-order valence-electron chi connectivity index (χ0n) is 10.6. The van der Waals surface area contributed by atoms with Crippen molar-refractivity contribution >= 4 is 24.0 Å². The number of nitrogens with one attached hydrogen (secondary N) is 1. The molecule has 0 bridgehead atoms. The minimum absolute atomic E-state index is 1.01. The van der Waals surface area contributed by atoms with Crippen LogP contribution in [0.3, 0.4) is 0 Å². The first kappa shape index (κ1) is 12.2. The number of hydrogen-bond donors (Lipinski definition) is 1. The predicted octanol–water partition coefficient (Wildman–Crippen LogP) is 3.20. The summed E-state index contributed by atoms with van der Waals surface area (Å²) in [7, 11) is 0. The van der Waals surface area contributed by atoms with E-state index in [0.29, 0.717) is 0 Å². The summed E-state index contributed by atoms with van der Waals surface area (Å²) in [4.78, 5) is 0. The van der Waals surface area contributed by atoms with E-state index >= 15 is 0 Å². The van der Waals surface area contributed by atoms with Crippen molar-refractivity contribution in [3.8, 4) is 0 Å². The van der Waals surface area contributed by atoms with Crippen molar-refractivity contribution in [3.63, 3.8) is 0 Å². The van der Waals surface area contributed by atoms with E-state index in [1.807, 2.05) is 61.5 Å². The topological polar surface area (TPSA) is 12.0 Å². The average Bonchev–Trinajstić information content (AvgIpc) is 2.41. The van der Waals surface area contributed by atoms with Crippen LogP contribution in [0.25, 0.3) is 12.7 Å². The van der Waals surface area contributed by atoms with Crippen molar-refractivity contribution < 1.29 is 0 Å². The third kappa shape index (κ3) is 2.89. The Morgan fingerprint density at radius 1 is 1.00 bits per heavy atom. The van der Waals surface area contributed by atoms with Crippen LogP contribution in [0.15, 0.2) is 60.7 Å². The Morgan fingerprint density at radius 2 is 1.78 bits per heavy atom. The highest BCUT2D eigenvalue weighted by Gasteiger charge is 1.95. The fraction of sp³-hybridized carbons (Fsp3) is 0.0588. The van der Waals surface area contributed by atoms with Gasteiger partial charge in [-0.1, -0.05) is 55.1 Å². The van der Waals surface area contributed by atoms with E-state index in [-0.39, 0.29) is 0 Å². The highest BCUT2D eigenvalue weighted by molar-refractivity contribution is 5.61. The third-order valence-electron chi connectivity index (χ3n) is 2.73. The summed E-state index contributed by atoms with van der Waals surface area (Å²) in [6, 6.07) is 16.3. The maximum atomic E-state index is 4.14. The minimum Gasteiger partial charge on any atom is -0.355 e. The van der Waals surface area contributed by atoms with Gasteiger partial charge in [-0.3, -0.25) is 0 Å². The summed E-state index contributed by atoms with van der Waals surface area (Å²) < 4.78 is 0. The fourth-order valence-corrected chi connectivity index (χ4v) is 1.75. The molecule has 2 aromatic carbocycles. The second kappa shape index (κ2) is 5.87. The zero-order valence-corrected chi connectivity index (χ0v) is 10.6. The second-order valence-corrected chi connectivity index (χ2v) is 4.06. The Labute approximate surface area is 108 Å². The first-order valence-electron chi connectivity index (χ1n) is 6.04. The minimum atomic E-state index is 1.01. The molecule has 0 unspecified atom stereocenters. The number of benzene rings is 2. The van der Waals surface area contributed by atoms with Gasteiger partial charge in [-0.2, -0.15) is 0 Å². The standard InChI is InChI=1S/C17H17N/c1-3-4-9-15-10-8-13-17(14(15)2)18-16-11-6-5-7-12-16/h3-13,18H,2H2,1H3/b4-3-,15-9-. The highest BCUT2D eigenvalue weighted by atomic mass is 14.9. The van der Waals surface area contributed by atoms with Crippen LogP contribution in [0.1, 0.15) is 6.92 Å². The zero-order chi connectivity index (χ0) is 12.8. The van der Waals surface area contributed by atoms with Crippen LogP contribution in [0.5, 0.6) is 0 Å². The molecule has 0 aromatic heterocycles. The third-order valence-corrected chi connectivity index (χ3v) is 2.73. The first-order chi connectivity index (χ1) is 8.81. The molecular weight excluding hydrogens is 218 g/mol. The van der Waals surface area contributed by atoms with Gasteiger partial charge < -0.3 is 5.32 Å². The van der Waals surface area contributed by atoms with Crippen LogP contribution in [0, 0.1) is 0 Å². The molecule has 0 saturated heterocycles. The molecule has 0 amide bonds. The molecule has 0 saturated carbocycles. The van der Waals surface area contributed by atoms with E-state index in [1.165, 1.54) is 0 Å². The van der Waals surface area contributed by atoms with Gasteiger partial charge in [-0.25, -0.2) is 0 Å². The van der Waals surface area contributed by atoms with Gasteiger partial charge in [0.15, 0.2) is 0 Å². The van der Waals surface area contributed by atoms with Crippen molar-refractivity contribution in [1.82, 2.24) is 0 Å². The van der Waals surface area contributed by atoms with Gasteiger partial charge in [0.2, 0.25) is 0 Å². The quantitative estimate of drug-likeness (QED) is 0.861. The number of hydrogen-bond acceptors (Lipinski definition) is 1. The Kier molecular flexibility index (Phi) is 3.98. The Morgan fingerprint density at radius 3 is 2.50 bits per heavy atom. The molecule has 0 aliphatic heterocycles. The van der Waals surface area contributed by atoms with Crippen LogP contribution in [0.4, 0.5) is 11.4 Å². The normalized spacial score (nSPS) is 11.9. The molecule has 0 atom stereocenters. The van der Waals surface area contributed by atoms with Gasteiger partial charge in [-0.15, -0.1) is 0 Å². The average molecular weight is 235 g/mol. The SMILES string of the molecule is C=c1c(Nc2ccccc2)ccc/c1=C/C=C\C. The summed E-state index contributed by atoms with van der Waals surface area (Å²) >= 11 is 0. The van der Waals surface area contributed by atoms with E-state index in [1.54, 1.807) is 0 Å². The maximum absolute atomic E-state index is 4.14. The Balaban J connectivity index is 2.39. The molecule has 0 aliphatic carbocycles. The molecule has 1 heteroatoms. The maximum Gasteiger partial charge on any atom is 0.0457 e. The molecule has 0 heterocycles. The fourth-order valence-electron chi connectivity index (χ4n) is 1.75. The Hall–Kier alpha value is -2.28. The molecule has 0 aliphatic rings. The lowest BCUT2D eigenvalue weighted by Crippen LogP contribution is -2.25. The van der Waals surface area contributed by atoms with Crippen molar-refractivity contribution in [2.75, 3.05) is 5.32 Å². The van der Waals surface area contributed by atoms with Crippen LogP contribution < -0.4 is 15.8 Å². The van der Waals surface area contributed by atoms with Gasteiger partial charge >= 0.3 is 0 Å². The van der Waals surface area contributed by atoms with Gasteiger partial charge in [0, 0.05) is 11.4 Å². The predicted molar refractivity (Wildman–Crippen MR) is 80.2 cm³/mol. The van der Waals surface area contributed by atoms with Gasteiger partial charge in [0.05, 0.1) is 0 Å². The molecule has 1 nitrogen and oxygen atoms in total. The molecule has 1 N–H and O–H groups in total. The van der Waals surface area contributed by atoms with Gasteiger partial charge in [-0.05, 0) is 35.6 Å². The van der Waals surface area contributed by atoms with E-state index in [4.69, 9.17) is 0 Å². The lowest BCUT2D eigenvalue weighted by Gasteiger charge is -2.06. The summed E-state index contributed by atoms with van der Waals surface area (Å²) in [5.41, 5.74) is 2.12. The van der Waals surface area contributed by atoms with Gasteiger partial charge in [0.25, 0.3) is 0 Å². The van der Waals surface area contributed by atoms with Gasteiger partial charge in [0.1, 0.15) is 0 Å². The summed E-state index contributed by atoms with van der Waals surface area (Å²) in [5.74, 6) is 0. The first-order valence-corrected chi connectivity index (χ1v) is 6.04. The van der Waals surface area contributed by atoms with Crippen LogP contribution in [-0.4, -0.2) is 0 Å². The lowest BCUT2D eigenvalue weighted by molar-refractivity contribution is 1.47. The number of rotatable bonds is 3. The molecule has 18 heavy (non-hydrogen) atoms. The molecule has 2 aromatic rings. The van der Waals surface area contributed by atoms with Crippen molar-refractivity contribution in [2.45, 2.75) is 6.92 Å². The Bertz CT molecular complexity index is 639. The highest BCUT2D eigenvalue weighted by Crippen LogP contribution is 2.10. The molecule has 90 valence electrons. The van der Waals surface area contributed by atoms with Crippen LogP contribution >= 0.6 is 0 Å². The lowest BCUT2D eigenvalue weighted by atomic mass is 10.2. The number of para-hydroxylation sites is 1. The smallest absolute Gasteiger partial charge is 0.0457 e. The summed E-state index contributed by atoms with van der Waals surface area (Å²) in [6.45, 7) is 6.15. The molecule has 0 spiro atoms. The molecular formula is C17H17N. The van der Waals surface area contributed by atoms with E-state index < -0.39 is 0 Å². The van der Waals surface area contributed by atoms with Crippen molar-refractivity contribution in [1.29, 1.82) is 0 Å². The molecule has 0 fully saturated rings. The molecule has 0 radical (unpaired) electrons. The van der Waals surface area contributed by atoms with E-state index in [2.05, 4.69) is 24.0 Å². The number of allylic oxidation sites excluding steroid dienone is 2. The largest absolute Gasteiger partial charge is 0.355 e. The molecule has 2 rings (SSSR count). The second-order valence-electron chi connectivity index (χ2n) is 4.06. The summed E-state index contributed by atoms with van der Waals surface area (Å²) in [6.07, 6.45) is 6.10. The van der Waals surface area contributed by atoms with E-state index in [0.717, 1.165) is 21.8 Å². The van der Waals surface area contributed by atoms with Crippen molar-refractivity contribution in [3.05, 3.63) is 71.1 Å².